The van der Waals surface area contributed by atoms with Crippen molar-refractivity contribution >= 4 is 24.6 Å². The van der Waals surface area contributed by atoms with Crippen LogP contribution in [0.5, 0.6) is 0 Å². The Kier molecular flexibility index (Phi) is 5.85. The van der Waals surface area contributed by atoms with E-state index in [1.54, 1.807) is 13.0 Å². The number of carbonyl (C=O) groups is 1. The molecule has 3 aliphatic rings. The summed E-state index contributed by atoms with van der Waals surface area (Å²) in [7, 11) is -4.83. The van der Waals surface area contributed by atoms with Gasteiger partial charge in [0.05, 0.1) is 34.6 Å². The van der Waals surface area contributed by atoms with Gasteiger partial charge in [0, 0.05) is 29.6 Å². The van der Waals surface area contributed by atoms with Gasteiger partial charge in [-0.1, -0.05) is 31.2 Å². The van der Waals surface area contributed by atoms with E-state index in [9.17, 15) is 32.2 Å². The van der Waals surface area contributed by atoms with Crippen LogP contribution in [0.1, 0.15) is 46.7 Å². The van der Waals surface area contributed by atoms with E-state index < -0.39 is 36.6 Å². The quantitative estimate of drug-likeness (QED) is 0.221. The maximum absolute atomic E-state index is 13.8. The van der Waals surface area contributed by atoms with Gasteiger partial charge >= 0.3 is 19.9 Å². The number of rotatable bonds is 4. The Balaban J connectivity index is 1.30. The summed E-state index contributed by atoms with van der Waals surface area (Å²) < 4.78 is 67.2. The second-order valence-corrected chi connectivity index (χ2v) is 12.4. The molecule has 0 saturated heterocycles. The van der Waals surface area contributed by atoms with Crippen LogP contribution in [0.3, 0.4) is 0 Å². The number of benzene rings is 2. The molecule has 216 valence electrons. The van der Waals surface area contributed by atoms with Crippen molar-refractivity contribution in [3.8, 4) is 11.4 Å². The van der Waals surface area contributed by atoms with Crippen molar-refractivity contribution < 1.29 is 36.7 Å². The second-order valence-electron chi connectivity index (χ2n) is 10.6. The standard InChI is InChI=1S/C29H23F3N3O6P/c1-2-28(41-42(38,39)34-12-17-7-8-20(29(30,31)32)10-18(17)13-34)22-11-24-25-19(9-16-5-3-4-6-23(16)33-25)14-35(24)26(36)21(22)15-40-27(28)37/h3-11H,2,12-15H2,1H3,(H,38,39)/t28-/m0/s1. The van der Waals surface area contributed by atoms with Gasteiger partial charge in [-0.05, 0) is 47.9 Å². The number of hydrogen-bond donors (Lipinski definition) is 1. The lowest BCUT2D eigenvalue weighted by atomic mass is 9.86. The lowest BCUT2D eigenvalue weighted by molar-refractivity contribution is -0.170. The highest BCUT2D eigenvalue weighted by molar-refractivity contribution is 7.50. The lowest BCUT2D eigenvalue weighted by Gasteiger charge is -2.38. The topological polar surface area (TPSA) is 111 Å². The summed E-state index contributed by atoms with van der Waals surface area (Å²) in [5, 5.41) is 0.904. The average molecular weight is 597 g/mol. The molecule has 0 amide bonds. The third-order valence-electron chi connectivity index (χ3n) is 8.26. The molecule has 3 aliphatic heterocycles. The van der Waals surface area contributed by atoms with Gasteiger partial charge in [0.1, 0.15) is 6.61 Å². The van der Waals surface area contributed by atoms with Crippen LogP contribution in [0.4, 0.5) is 13.2 Å². The fourth-order valence-corrected chi connectivity index (χ4v) is 7.54. The summed E-state index contributed by atoms with van der Waals surface area (Å²) in [5.74, 6) is -0.933. The Labute approximate surface area is 236 Å². The first kappa shape index (κ1) is 27.0. The SMILES string of the molecule is CC[C@@]1(OP(=O)(O)N2Cc3ccc(C(F)(F)F)cc3C2)C(=O)OCc2c1cc1n(c2=O)Cc2cc3ccccc3nc2-1. The molecule has 4 aromatic rings. The Hall–Kier alpha value is -3.83. The van der Waals surface area contributed by atoms with E-state index in [0.29, 0.717) is 17.0 Å². The highest BCUT2D eigenvalue weighted by Crippen LogP contribution is 2.58. The number of alkyl halides is 3. The first-order valence-electron chi connectivity index (χ1n) is 13.2. The number of pyridine rings is 2. The number of para-hydroxylation sites is 1. The number of carbonyl (C=O) groups excluding carboxylic acids is 1. The van der Waals surface area contributed by atoms with Crippen molar-refractivity contribution in [2.45, 2.75) is 51.4 Å². The van der Waals surface area contributed by atoms with E-state index in [4.69, 9.17) is 14.2 Å². The van der Waals surface area contributed by atoms with Crippen LogP contribution < -0.4 is 5.56 Å². The molecular weight excluding hydrogens is 574 g/mol. The highest BCUT2D eigenvalue weighted by atomic mass is 31.2. The van der Waals surface area contributed by atoms with Crippen LogP contribution in [-0.2, 0) is 56.6 Å². The first-order chi connectivity index (χ1) is 19.9. The normalized spacial score (nSPS) is 20.9. The van der Waals surface area contributed by atoms with Gasteiger partial charge < -0.3 is 14.2 Å². The molecule has 0 aliphatic carbocycles. The fraction of sp³-hybridized carbons (Fsp3) is 0.276. The summed E-state index contributed by atoms with van der Waals surface area (Å²) in [6, 6.07) is 14.2. The molecule has 0 radical (unpaired) electrons. The van der Waals surface area contributed by atoms with E-state index in [1.807, 2.05) is 30.3 Å². The Morgan fingerprint density at radius 3 is 2.57 bits per heavy atom. The zero-order valence-electron chi connectivity index (χ0n) is 22.1. The van der Waals surface area contributed by atoms with E-state index >= 15 is 0 Å². The minimum Gasteiger partial charge on any atom is -0.458 e. The lowest BCUT2D eigenvalue weighted by Crippen LogP contribution is -2.46. The average Bonchev–Trinajstić information content (AvgIpc) is 3.55. The molecule has 1 unspecified atom stereocenters. The highest BCUT2D eigenvalue weighted by Gasteiger charge is 2.54. The maximum atomic E-state index is 13.8. The van der Waals surface area contributed by atoms with Crippen LogP contribution in [0, 0.1) is 0 Å². The van der Waals surface area contributed by atoms with Crippen LogP contribution in [0.25, 0.3) is 22.3 Å². The van der Waals surface area contributed by atoms with Crippen LogP contribution >= 0.6 is 7.75 Å². The van der Waals surface area contributed by atoms with Gasteiger partial charge in [-0.2, -0.15) is 13.2 Å². The van der Waals surface area contributed by atoms with Crippen LogP contribution in [0.15, 0.2) is 59.4 Å². The number of aromatic nitrogens is 2. The summed E-state index contributed by atoms with van der Waals surface area (Å²) in [5.41, 5.74) is 0.00765. The zero-order valence-corrected chi connectivity index (χ0v) is 23.0. The van der Waals surface area contributed by atoms with Crippen molar-refractivity contribution in [3.05, 3.63) is 98.3 Å². The molecular formula is C29H23F3N3O6P. The smallest absolute Gasteiger partial charge is 0.416 e. The minimum absolute atomic E-state index is 0.116. The molecule has 0 bridgehead atoms. The third-order valence-corrected chi connectivity index (χ3v) is 9.80. The summed E-state index contributed by atoms with van der Waals surface area (Å²) in [4.78, 5) is 43.0. The van der Waals surface area contributed by atoms with Crippen molar-refractivity contribution in [3.63, 3.8) is 0 Å². The zero-order chi connectivity index (χ0) is 29.6. The Morgan fingerprint density at radius 2 is 1.81 bits per heavy atom. The van der Waals surface area contributed by atoms with E-state index in [-0.39, 0.29) is 49.4 Å². The second kappa shape index (κ2) is 9.08. The van der Waals surface area contributed by atoms with Crippen LogP contribution in [0.2, 0.25) is 0 Å². The Bertz CT molecular complexity index is 1940. The van der Waals surface area contributed by atoms with Gasteiger partial charge in [-0.3, -0.25) is 9.32 Å². The summed E-state index contributed by atoms with van der Waals surface area (Å²) in [6.07, 6.45) is -4.72. The number of cyclic esters (lactones) is 1. The van der Waals surface area contributed by atoms with E-state index in [1.165, 1.54) is 10.6 Å². The largest absolute Gasteiger partial charge is 0.458 e. The van der Waals surface area contributed by atoms with Gasteiger partial charge in [-0.25, -0.2) is 19.0 Å². The number of ether oxygens (including phenoxy) is 1. The maximum Gasteiger partial charge on any atom is 0.416 e. The van der Waals surface area contributed by atoms with Crippen molar-refractivity contribution in [2.24, 2.45) is 0 Å². The van der Waals surface area contributed by atoms with Crippen molar-refractivity contribution in [2.75, 3.05) is 0 Å². The number of fused-ring (bicyclic) bond motifs is 6. The molecule has 0 spiro atoms. The minimum atomic E-state index is -4.83. The molecule has 7 rings (SSSR count). The molecule has 2 atom stereocenters. The molecule has 2 aromatic carbocycles. The van der Waals surface area contributed by atoms with Crippen molar-refractivity contribution in [1.82, 2.24) is 14.2 Å². The molecule has 0 saturated carbocycles. The van der Waals surface area contributed by atoms with Crippen molar-refractivity contribution in [1.29, 1.82) is 0 Å². The molecule has 0 fully saturated rings. The fourth-order valence-electron chi connectivity index (χ4n) is 6.06. The predicted molar refractivity (Wildman–Crippen MR) is 144 cm³/mol. The Morgan fingerprint density at radius 1 is 1.05 bits per heavy atom. The van der Waals surface area contributed by atoms with Gasteiger partial charge in [-0.15, -0.1) is 0 Å². The summed E-state index contributed by atoms with van der Waals surface area (Å²) >= 11 is 0. The van der Waals surface area contributed by atoms with E-state index in [2.05, 4.69) is 0 Å². The monoisotopic (exact) mass is 597 g/mol. The number of nitrogens with zero attached hydrogens (tertiary/aromatic N) is 3. The molecule has 42 heavy (non-hydrogen) atoms. The molecule has 13 heteroatoms. The summed E-state index contributed by atoms with van der Waals surface area (Å²) in [6.45, 7) is 1.02. The molecule has 2 aromatic heterocycles. The molecule has 9 nitrogen and oxygen atoms in total. The predicted octanol–water partition coefficient (Wildman–Crippen LogP) is 5.24. The molecule has 5 heterocycles. The molecule has 1 N–H and O–H groups in total. The third kappa shape index (κ3) is 3.97. The number of halogens is 3. The van der Waals surface area contributed by atoms with E-state index in [0.717, 1.165) is 33.3 Å². The van der Waals surface area contributed by atoms with Crippen LogP contribution in [-0.4, -0.2) is 25.1 Å². The first-order valence-corrected chi connectivity index (χ1v) is 14.8. The number of esters is 1. The number of hydrogen-bond acceptors (Lipinski definition) is 6. The van der Waals surface area contributed by atoms with Gasteiger partial charge in [0.2, 0.25) is 5.60 Å². The van der Waals surface area contributed by atoms with Gasteiger partial charge in [0.15, 0.2) is 0 Å². The van der Waals surface area contributed by atoms with Gasteiger partial charge in [0.25, 0.3) is 5.56 Å².